The van der Waals surface area contributed by atoms with Gasteiger partial charge in [0.25, 0.3) is 5.56 Å². The van der Waals surface area contributed by atoms with Crippen LogP contribution in [0.15, 0.2) is 64.5 Å². The molecule has 33 heavy (non-hydrogen) atoms. The molecule has 1 aliphatic carbocycles. The minimum absolute atomic E-state index is 0.0292. The Morgan fingerprint density at radius 1 is 1.12 bits per heavy atom. The van der Waals surface area contributed by atoms with E-state index in [0.29, 0.717) is 16.7 Å². The van der Waals surface area contributed by atoms with E-state index in [2.05, 4.69) is 33.7 Å². The molecule has 0 fully saturated rings. The molecule has 3 aromatic heterocycles. The van der Waals surface area contributed by atoms with Crippen LogP contribution in [0.2, 0.25) is 5.02 Å². The van der Waals surface area contributed by atoms with Gasteiger partial charge < -0.3 is 0 Å². The Balaban J connectivity index is 1.61. The highest BCUT2D eigenvalue weighted by Crippen LogP contribution is 2.38. The van der Waals surface area contributed by atoms with E-state index in [1.165, 1.54) is 16.0 Å². The molecule has 0 spiro atoms. The van der Waals surface area contributed by atoms with Gasteiger partial charge >= 0.3 is 0 Å². The fourth-order valence-corrected chi connectivity index (χ4v) is 6.95. The maximum atomic E-state index is 13.9. The van der Waals surface area contributed by atoms with Crippen LogP contribution in [0.25, 0.3) is 21.7 Å². The molecular weight excluding hydrogens is 472 g/mol. The van der Waals surface area contributed by atoms with Gasteiger partial charge in [0.2, 0.25) is 5.78 Å². The summed E-state index contributed by atoms with van der Waals surface area (Å²) < 4.78 is 3.76. The number of halogens is 1. The molecule has 0 unspecified atom stereocenters. The topological polar surface area (TPSA) is 52.2 Å². The van der Waals surface area contributed by atoms with E-state index < -0.39 is 0 Å². The Hall–Kier alpha value is -2.61. The predicted octanol–water partition coefficient (Wildman–Crippen LogP) is 6.17. The fourth-order valence-electron chi connectivity index (χ4n) is 4.55. The molecular formula is C25H21ClN4OS2. The van der Waals surface area contributed by atoms with E-state index in [0.717, 1.165) is 46.1 Å². The summed E-state index contributed by atoms with van der Waals surface area (Å²) in [7, 11) is 0. The first kappa shape index (κ1) is 21.0. The highest BCUT2D eigenvalue weighted by atomic mass is 35.5. The van der Waals surface area contributed by atoms with Crippen LogP contribution in [0.3, 0.4) is 0 Å². The second-order valence-electron chi connectivity index (χ2n) is 8.54. The maximum Gasteiger partial charge on any atom is 0.268 e. The number of aryl methyl sites for hydroxylation is 1. The summed E-state index contributed by atoms with van der Waals surface area (Å²) in [5, 5.41) is 11.3. The van der Waals surface area contributed by atoms with Gasteiger partial charge in [-0.1, -0.05) is 60.6 Å². The standard InChI is InChI=1S/C25H21ClN4OS2/c1-15-7-12-20-19(13-15)21-22(31)29(18-10-8-17(26)9-11-18)24-27-28-25(30(24)23(21)33-20)32-14-16-5-3-2-4-6-16/h2-6,8-11,15H,7,12-14H2,1H3/t15-/m0/s1. The molecule has 0 radical (unpaired) electrons. The summed E-state index contributed by atoms with van der Waals surface area (Å²) in [6.07, 6.45) is 3.11. The number of aromatic nitrogens is 4. The van der Waals surface area contributed by atoms with E-state index in [1.807, 2.05) is 30.3 Å². The highest BCUT2D eigenvalue weighted by molar-refractivity contribution is 7.98. The number of nitrogens with zero attached hydrogens (tertiary/aromatic N) is 4. The van der Waals surface area contributed by atoms with Crippen molar-refractivity contribution in [3.8, 4) is 5.69 Å². The van der Waals surface area contributed by atoms with Crippen molar-refractivity contribution in [2.75, 3.05) is 0 Å². The third-order valence-electron chi connectivity index (χ3n) is 6.22. The molecule has 1 aliphatic rings. The number of thioether (sulfide) groups is 1. The summed E-state index contributed by atoms with van der Waals surface area (Å²) in [6, 6.07) is 17.7. The smallest absolute Gasteiger partial charge is 0.268 e. The minimum atomic E-state index is -0.0292. The van der Waals surface area contributed by atoms with Gasteiger partial charge in [-0.25, -0.2) is 8.97 Å². The molecule has 6 rings (SSSR count). The molecule has 0 aliphatic heterocycles. The molecule has 5 nitrogen and oxygen atoms in total. The van der Waals surface area contributed by atoms with Crippen LogP contribution >= 0.6 is 34.7 Å². The largest absolute Gasteiger partial charge is 0.268 e. The summed E-state index contributed by atoms with van der Waals surface area (Å²) in [4.78, 5) is 16.2. The quantitative estimate of drug-likeness (QED) is 0.282. The SMILES string of the molecule is C[C@H]1CCc2sc3c(c2C1)c(=O)n(-c1ccc(Cl)cc1)c1nnc(SCc2ccccc2)n31. The van der Waals surface area contributed by atoms with Crippen molar-refractivity contribution in [2.45, 2.75) is 37.1 Å². The van der Waals surface area contributed by atoms with Crippen LogP contribution in [0.1, 0.15) is 29.3 Å². The average molecular weight is 493 g/mol. The molecule has 0 saturated heterocycles. The lowest BCUT2D eigenvalue weighted by atomic mass is 9.89. The minimum Gasteiger partial charge on any atom is -0.268 e. The van der Waals surface area contributed by atoms with Crippen LogP contribution in [0, 0.1) is 5.92 Å². The first-order chi connectivity index (χ1) is 16.1. The Morgan fingerprint density at radius 3 is 2.70 bits per heavy atom. The molecule has 3 heterocycles. The van der Waals surface area contributed by atoms with Crippen molar-refractivity contribution in [1.29, 1.82) is 0 Å². The van der Waals surface area contributed by atoms with Gasteiger partial charge in [0.1, 0.15) is 4.83 Å². The van der Waals surface area contributed by atoms with Crippen LogP contribution in [-0.2, 0) is 18.6 Å². The Bertz CT molecular complexity index is 1540. The first-order valence-corrected chi connectivity index (χ1v) is 13.1. The lowest BCUT2D eigenvalue weighted by Gasteiger charge is -2.18. The third kappa shape index (κ3) is 3.59. The van der Waals surface area contributed by atoms with Crippen LogP contribution in [-0.4, -0.2) is 19.2 Å². The van der Waals surface area contributed by atoms with Crippen molar-refractivity contribution in [3.05, 3.63) is 86.0 Å². The zero-order valence-electron chi connectivity index (χ0n) is 18.0. The van der Waals surface area contributed by atoms with Crippen LogP contribution in [0.5, 0.6) is 0 Å². The van der Waals surface area contributed by atoms with Crippen LogP contribution in [0.4, 0.5) is 0 Å². The third-order valence-corrected chi connectivity index (χ3v) is 8.75. The molecule has 5 aromatic rings. The lowest BCUT2D eigenvalue weighted by molar-refractivity contribution is 0.508. The maximum absolute atomic E-state index is 13.9. The van der Waals surface area contributed by atoms with Gasteiger partial charge in [0.15, 0.2) is 5.16 Å². The van der Waals surface area contributed by atoms with Gasteiger partial charge in [0, 0.05) is 15.7 Å². The van der Waals surface area contributed by atoms with Gasteiger partial charge in [0.05, 0.1) is 11.1 Å². The van der Waals surface area contributed by atoms with E-state index in [4.69, 9.17) is 11.6 Å². The second-order valence-corrected chi connectivity index (χ2v) is 11.0. The number of fused-ring (bicyclic) bond motifs is 5. The first-order valence-electron chi connectivity index (χ1n) is 11.0. The van der Waals surface area contributed by atoms with Crippen molar-refractivity contribution in [1.82, 2.24) is 19.2 Å². The average Bonchev–Trinajstić information content (AvgIpc) is 3.41. The van der Waals surface area contributed by atoms with E-state index in [-0.39, 0.29) is 5.56 Å². The van der Waals surface area contributed by atoms with Crippen molar-refractivity contribution < 1.29 is 0 Å². The molecule has 0 saturated carbocycles. The van der Waals surface area contributed by atoms with Gasteiger partial charge in [-0.05, 0) is 60.6 Å². The highest BCUT2D eigenvalue weighted by Gasteiger charge is 2.27. The summed E-state index contributed by atoms with van der Waals surface area (Å²) >= 11 is 9.50. The van der Waals surface area contributed by atoms with E-state index >= 15 is 0 Å². The number of hydrogen-bond acceptors (Lipinski definition) is 5. The summed E-state index contributed by atoms with van der Waals surface area (Å²) in [6.45, 7) is 2.27. The molecule has 2 aromatic carbocycles. The Kier molecular flexibility index (Phi) is 5.28. The van der Waals surface area contributed by atoms with Crippen molar-refractivity contribution in [2.24, 2.45) is 5.92 Å². The zero-order chi connectivity index (χ0) is 22.5. The number of hydrogen-bond donors (Lipinski definition) is 0. The lowest BCUT2D eigenvalue weighted by Crippen LogP contribution is -2.22. The molecule has 0 bridgehead atoms. The van der Waals surface area contributed by atoms with E-state index in [1.54, 1.807) is 39.8 Å². The van der Waals surface area contributed by atoms with Gasteiger partial charge in [-0.3, -0.25) is 4.79 Å². The van der Waals surface area contributed by atoms with Gasteiger partial charge in [-0.2, -0.15) is 0 Å². The van der Waals surface area contributed by atoms with Crippen LogP contribution < -0.4 is 5.56 Å². The number of thiophene rings is 1. The van der Waals surface area contributed by atoms with Crippen molar-refractivity contribution >= 4 is 50.7 Å². The monoisotopic (exact) mass is 492 g/mol. The molecule has 8 heteroatoms. The zero-order valence-corrected chi connectivity index (χ0v) is 20.4. The molecule has 0 amide bonds. The Labute approximate surface area is 204 Å². The van der Waals surface area contributed by atoms with E-state index in [9.17, 15) is 4.79 Å². The summed E-state index contributed by atoms with van der Waals surface area (Å²) in [5.41, 5.74) is 3.14. The normalized spacial score (nSPS) is 15.9. The molecule has 166 valence electrons. The Morgan fingerprint density at radius 2 is 1.91 bits per heavy atom. The van der Waals surface area contributed by atoms with Crippen molar-refractivity contribution in [3.63, 3.8) is 0 Å². The predicted molar refractivity (Wildman–Crippen MR) is 136 cm³/mol. The van der Waals surface area contributed by atoms with Gasteiger partial charge in [-0.15, -0.1) is 21.5 Å². The second kappa shape index (κ2) is 8.31. The fraction of sp³-hybridized carbons (Fsp3) is 0.240. The number of benzene rings is 2. The number of rotatable bonds is 4. The summed E-state index contributed by atoms with van der Waals surface area (Å²) in [5.74, 6) is 1.89. The molecule has 1 atom stereocenters. The molecule has 0 N–H and O–H groups in total.